The van der Waals surface area contributed by atoms with Gasteiger partial charge in [0, 0.05) is 42.2 Å². The van der Waals surface area contributed by atoms with Crippen molar-refractivity contribution >= 4 is 33.9 Å². The highest BCUT2D eigenvalue weighted by Crippen LogP contribution is 2.38. The van der Waals surface area contributed by atoms with E-state index in [4.69, 9.17) is 0 Å². The van der Waals surface area contributed by atoms with Crippen LogP contribution in [0.15, 0.2) is 77.0 Å². The molecule has 0 N–H and O–H groups in total. The number of alkyl halides is 6. The molecule has 236 valence electrons. The zero-order chi connectivity index (χ0) is 33.0. The summed E-state index contributed by atoms with van der Waals surface area (Å²) >= 11 is 1.11. The number of aromatic nitrogens is 3. The van der Waals surface area contributed by atoms with Crippen LogP contribution >= 0.6 is 11.3 Å². The number of pyridine rings is 2. The van der Waals surface area contributed by atoms with Gasteiger partial charge in [0.2, 0.25) is 5.78 Å². The fourth-order valence-corrected chi connectivity index (χ4v) is 6.21. The van der Waals surface area contributed by atoms with Gasteiger partial charge >= 0.3 is 12.4 Å². The van der Waals surface area contributed by atoms with E-state index in [9.17, 15) is 40.7 Å². The molecule has 3 aromatic heterocycles. The molecule has 1 atom stereocenters. The van der Waals surface area contributed by atoms with Gasteiger partial charge in [0.25, 0.3) is 11.5 Å². The van der Waals surface area contributed by atoms with E-state index in [1.165, 1.54) is 22.9 Å². The molecule has 0 saturated heterocycles. The lowest BCUT2D eigenvalue weighted by Gasteiger charge is -2.25. The first-order valence-corrected chi connectivity index (χ1v) is 14.7. The number of hydrogen-bond acceptors (Lipinski definition) is 6. The van der Waals surface area contributed by atoms with Crippen LogP contribution in [0.25, 0.3) is 22.0 Å². The molecule has 14 heteroatoms. The lowest BCUT2D eigenvalue weighted by molar-refractivity contribution is -0.143. The first-order chi connectivity index (χ1) is 21.7. The van der Waals surface area contributed by atoms with E-state index in [2.05, 4.69) is 9.97 Å². The quantitative estimate of drug-likeness (QED) is 0.149. The molecule has 5 aromatic rings. The van der Waals surface area contributed by atoms with Crippen LogP contribution in [-0.4, -0.2) is 37.7 Å². The Kier molecular flexibility index (Phi) is 7.79. The smallest absolute Gasteiger partial charge is 0.333 e. The Morgan fingerprint density at radius 1 is 0.935 bits per heavy atom. The van der Waals surface area contributed by atoms with Gasteiger partial charge in [-0.2, -0.15) is 26.3 Å². The Hall–Kier alpha value is -4.85. The number of carbonyl (C=O) groups is 2. The SMILES string of the molecule is C[C@H]1CN(Cc2cc(C(F)(F)F)cc(C(F)(F)F)c2)C(=O)c2c(-c3ccccc3)c3ccc(C(=O)c4nccs4)nc3c(=O)n2C1. The molecule has 0 aliphatic carbocycles. The monoisotopic (exact) mass is 656 g/mol. The third-order valence-electron chi connectivity index (χ3n) is 7.58. The number of benzene rings is 2. The maximum absolute atomic E-state index is 14.3. The maximum atomic E-state index is 14.3. The number of amides is 1. The second kappa shape index (κ2) is 11.5. The fraction of sp³-hybridized carbons (Fsp3) is 0.219. The number of rotatable bonds is 5. The second-order valence-electron chi connectivity index (χ2n) is 11.0. The Bertz CT molecular complexity index is 2010. The van der Waals surface area contributed by atoms with Crippen molar-refractivity contribution in [3.05, 3.63) is 116 Å². The van der Waals surface area contributed by atoms with Crippen LogP contribution in [-0.2, 0) is 25.4 Å². The lowest BCUT2D eigenvalue weighted by Crippen LogP contribution is -2.34. The number of hydrogen-bond donors (Lipinski definition) is 0. The number of halogens is 6. The minimum atomic E-state index is -5.06. The summed E-state index contributed by atoms with van der Waals surface area (Å²) < 4.78 is 82.8. The minimum Gasteiger partial charge on any atom is -0.333 e. The van der Waals surface area contributed by atoms with Crippen molar-refractivity contribution in [2.24, 2.45) is 5.92 Å². The molecular weight excluding hydrogens is 634 g/mol. The standard InChI is InChI=1S/C32H22F6N4O3S/c1-17-14-41(16-18-11-20(31(33,34)35)13-21(12-18)32(36,37)38)30(45)26-24(19-5-3-2-4-6-19)22-7-8-23(27(43)28-39-9-10-46-28)40-25(22)29(44)42(26)15-17/h2-13,17H,14-16H2,1H3/t17-/m0/s1. The molecule has 1 amide bonds. The van der Waals surface area contributed by atoms with Crippen LogP contribution in [0.2, 0.25) is 0 Å². The molecule has 46 heavy (non-hydrogen) atoms. The van der Waals surface area contributed by atoms with Gasteiger partial charge in [0.05, 0.1) is 11.1 Å². The summed E-state index contributed by atoms with van der Waals surface area (Å²) in [5, 5.41) is 2.05. The summed E-state index contributed by atoms with van der Waals surface area (Å²) in [4.78, 5) is 50.9. The highest BCUT2D eigenvalue weighted by atomic mass is 32.1. The minimum absolute atomic E-state index is 0.00505. The normalized spacial score (nSPS) is 15.6. The van der Waals surface area contributed by atoms with Crippen LogP contribution < -0.4 is 5.56 Å². The molecule has 7 nitrogen and oxygen atoms in total. The van der Waals surface area contributed by atoms with Gasteiger partial charge in [-0.3, -0.25) is 14.4 Å². The van der Waals surface area contributed by atoms with E-state index in [1.807, 2.05) is 0 Å². The molecule has 0 fully saturated rings. The Labute approximate surface area is 260 Å². The van der Waals surface area contributed by atoms with Gasteiger partial charge in [-0.1, -0.05) is 37.3 Å². The van der Waals surface area contributed by atoms with Crippen molar-refractivity contribution in [2.45, 2.75) is 32.4 Å². The van der Waals surface area contributed by atoms with Gasteiger partial charge < -0.3 is 9.47 Å². The summed E-state index contributed by atoms with van der Waals surface area (Å²) in [6.07, 6.45) is -8.65. The van der Waals surface area contributed by atoms with E-state index in [1.54, 1.807) is 42.6 Å². The van der Waals surface area contributed by atoms with Crippen LogP contribution in [0.4, 0.5) is 26.3 Å². The third-order valence-corrected chi connectivity index (χ3v) is 8.35. The van der Waals surface area contributed by atoms with Crippen molar-refractivity contribution in [3.8, 4) is 11.1 Å². The summed E-state index contributed by atoms with van der Waals surface area (Å²) in [5.41, 5.74) is -3.41. The van der Waals surface area contributed by atoms with Crippen molar-refractivity contribution < 1.29 is 35.9 Å². The molecule has 0 radical (unpaired) electrons. The van der Waals surface area contributed by atoms with Gasteiger partial charge in [-0.15, -0.1) is 11.3 Å². The topological polar surface area (TPSA) is 85.2 Å². The Morgan fingerprint density at radius 3 is 2.22 bits per heavy atom. The predicted molar refractivity (Wildman–Crippen MR) is 157 cm³/mol. The van der Waals surface area contributed by atoms with Crippen molar-refractivity contribution in [1.29, 1.82) is 0 Å². The Morgan fingerprint density at radius 2 is 1.61 bits per heavy atom. The van der Waals surface area contributed by atoms with Crippen molar-refractivity contribution in [2.75, 3.05) is 6.54 Å². The zero-order valence-electron chi connectivity index (χ0n) is 23.8. The molecule has 0 unspecified atom stereocenters. The third kappa shape index (κ3) is 5.80. The van der Waals surface area contributed by atoms with E-state index < -0.39 is 53.2 Å². The van der Waals surface area contributed by atoms with E-state index in [0.29, 0.717) is 23.3 Å². The summed E-state index contributed by atoms with van der Waals surface area (Å²) in [7, 11) is 0. The number of ketones is 1. The van der Waals surface area contributed by atoms with Crippen LogP contribution in [0.5, 0.6) is 0 Å². The molecule has 0 saturated carbocycles. The first-order valence-electron chi connectivity index (χ1n) is 13.9. The van der Waals surface area contributed by atoms with Gasteiger partial charge in [0.1, 0.15) is 16.9 Å². The van der Waals surface area contributed by atoms with Gasteiger partial charge in [-0.05, 0) is 47.4 Å². The molecule has 6 rings (SSSR count). The van der Waals surface area contributed by atoms with Crippen molar-refractivity contribution in [1.82, 2.24) is 19.4 Å². The molecular formula is C32H22F6N4O3S. The lowest BCUT2D eigenvalue weighted by atomic mass is 9.97. The van der Waals surface area contributed by atoms with Crippen LogP contribution in [0.3, 0.4) is 0 Å². The Balaban J connectivity index is 1.54. The number of thiazole rings is 1. The largest absolute Gasteiger partial charge is 0.416 e. The van der Waals surface area contributed by atoms with Gasteiger partial charge in [0.15, 0.2) is 5.01 Å². The van der Waals surface area contributed by atoms with Gasteiger partial charge in [-0.25, -0.2) is 9.97 Å². The van der Waals surface area contributed by atoms with E-state index in [0.717, 1.165) is 16.2 Å². The maximum Gasteiger partial charge on any atom is 0.416 e. The van der Waals surface area contributed by atoms with E-state index >= 15 is 0 Å². The molecule has 1 aliphatic heterocycles. The van der Waals surface area contributed by atoms with Crippen molar-refractivity contribution in [3.63, 3.8) is 0 Å². The summed E-state index contributed by atoms with van der Waals surface area (Å²) in [5.74, 6) is -1.69. The molecule has 0 spiro atoms. The number of fused-ring (bicyclic) bond motifs is 2. The summed E-state index contributed by atoms with van der Waals surface area (Å²) in [6, 6.07) is 12.7. The summed E-state index contributed by atoms with van der Waals surface area (Å²) in [6.45, 7) is 1.06. The average molecular weight is 657 g/mol. The highest BCUT2D eigenvalue weighted by molar-refractivity contribution is 7.11. The number of nitrogens with zero attached hydrogens (tertiary/aromatic N) is 4. The van der Waals surface area contributed by atoms with E-state index in [-0.39, 0.29) is 52.0 Å². The average Bonchev–Trinajstić information content (AvgIpc) is 3.52. The molecule has 2 aromatic carbocycles. The second-order valence-corrected chi connectivity index (χ2v) is 11.9. The highest BCUT2D eigenvalue weighted by Gasteiger charge is 2.38. The fourth-order valence-electron chi connectivity index (χ4n) is 5.63. The molecule has 1 aliphatic rings. The first kappa shape index (κ1) is 31.1. The zero-order valence-corrected chi connectivity index (χ0v) is 24.6. The van der Waals surface area contributed by atoms with Crippen LogP contribution in [0.1, 0.15) is 49.6 Å². The number of carbonyl (C=O) groups excluding carboxylic acids is 2. The van der Waals surface area contributed by atoms with Crippen LogP contribution in [0, 0.1) is 5.92 Å². The predicted octanol–water partition coefficient (Wildman–Crippen LogP) is 7.08. The molecule has 0 bridgehead atoms. The molecule has 4 heterocycles.